The van der Waals surface area contributed by atoms with Gasteiger partial charge in [-0.15, -0.1) is 0 Å². The summed E-state index contributed by atoms with van der Waals surface area (Å²) in [6.07, 6.45) is 0.746. The van der Waals surface area contributed by atoms with Crippen molar-refractivity contribution in [2.75, 3.05) is 6.61 Å². The van der Waals surface area contributed by atoms with Gasteiger partial charge in [0.2, 0.25) is 5.91 Å². The Labute approximate surface area is 152 Å². The molecule has 6 nitrogen and oxygen atoms in total. The van der Waals surface area contributed by atoms with Gasteiger partial charge in [0.05, 0.1) is 11.6 Å². The monoisotopic (exact) mass is 351 g/mol. The maximum Gasteiger partial charge on any atom is 0.276 e. The predicted octanol–water partition coefficient (Wildman–Crippen LogP) is 2.33. The Morgan fingerprint density at radius 1 is 1.04 bits per heavy atom. The fourth-order valence-electron chi connectivity index (χ4n) is 2.25. The van der Waals surface area contributed by atoms with Gasteiger partial charge in [0.15, 0.2) is 6.61 Å². The van der Waals surface area contributed by atoms with E-state index in [1.807, 2.05) is 50.2 Å². The summed E-state index contributed by atoms with van der Waals surface area (Å²) in [5.41, 5.74) is 8.21. The van der Waals surface area contributed by atoms with Crippen LogP contribution in [0.4, 0.5) is 0 Å². The molecule has 2 N–H and O–H groups in total. The molecule has 0 aliphatic rings. The highest BCUT2D eigenvalue weighted by Crippen LogP contribution is 2.18. The van der Waals surface area contributed by atoms with E-state index in [1.54, 1.807) is 12.1 Å². The number of nitrogens with zero attached hydrogens (tertiary/aromatic N) is 1. The quantitative estimate of drug-likeness (QED) is 0.782. The maximum absolute atomic E-state index is 11.8. The lowest BCUT2D eigenvalue weighted by Gasteiger charge is -2.11. The highest BCUT2D eigenvalue weighted by molar-refractivity contribution is 5.82. The first kappa shape index (κ1) is 19.0. The minimum atomic E-state index is -0.433. The first-order valence-electron chi connectivity index (χ1n) is 8.24. The number of ether oxygens (including phenoxy) is 1. The fourth-order valence-corrected chi connectivity index (χ4v) is 2.25. The molecule has 0 saturated heterocycles. The molecule has 2 aromatic rings. The summed E-state index contributed by atoms with van der Waals surface area (Å²) in [6.45, 7) is 3.66. The largest absolute Gasteiger partial charge is 0.483 e. The molecule has 0 radical (unpaired) electrons. The number of aryl methyl sites for hydroxylation is 3. The van der Waals surface area contributed by atoms with Gasteiger partial charge in [-0.1, -0.05) is 24.3 Å². The van der Waals surface area contributed by atoms with E-state index in [4.69, 9.17) is 10.00 Å². The first-order chi connectivity index (χ1) is 12.5. The summed E-state index contributed by atoms with van der Waals surface area (Å²) >= 11 is 0. The molecule has 0 aliphatic heterocycles. The van der Waals surface area contributed by atoms with E-state index in [0.717, 1.165) is 16.7 Å². The summed E-state index contributed by atoms with van der Waals surface area (Å²) in [5, 5.41) is 8.75. The van der Waals surface area contributed by atoms with Crippen LogP contribution in [0.25, 0.3) is 0 Å². The van der Waals surface area contributed by atoms with E-state index in [0.29, 0.717) is 17.7 Å². The van der Waals surface area contributed by atoms with Gasteiger partial charge >= 0.3 is 0 Å². The van der Waals surface area contributed by atoms with Crippen LogP contribution in [0.15, 0.2) is 42.5 Å². The second-order valence-corrected chi connectivity index (χ2v) is 5.96. The number of carbonyl (C=O) groups excluding carboxylic acids is 2. The topological polar surface area (TPSA) is 91.2 Å². The Bertz CT molecular complexity index is 823. The summed E-state index contributed by atoms with van der Waals surface area (Å²) in [6, 6.07) is 14.8. The van der Waals surface area contributed by atoms with Gasteiger partial charge in [-0.05, 0) is 55.2 Å². The van der Waals surface area contributed by atoms with E-state index >= 15 is 0 Å². The van der Waals surface area contributed by atoms with Gasteiger partial charge < -0.3 is 4.74 Å². The van der Waals surface area contributed by atoms with Crippen molar-refractivity contribution in [2.24, 2.45) is 0 Å². The van der Waals surface area contributed by atoms with E-state index in [1.165, 1.54) is 0 Å². The lowest BCUT2D eigenvalue weighted by atomic mass is 10.1. The standard InChI is InChI=1S/C20H21N3O3/c1-14-3-4-15(2)18(11-14)26-13-20(25)23-22-19(24)10-9-16-5-7-17(12-21)8-6-16/h3-8,11H,9-10,13H2,1-2H3,(H,22,24)(H,23,25). The normalized spacial score (nSPS) is 9.88. The van der Waals surface area contributed by atoms with Crippen LogP contribution < -0.4 is 15.6 Å². The first-order valence-corrected chi connectivity index (χ1v) is 8.24. The number of rotatable bonds is 6. The van der Waals surface area contributed by atoms with Crippen molar-refractivity contribution in [3.05, 3.63) is 64.7 Å². The number of hydrogen-bond acceptors (Lipinski definition) is 4. The number of benzene rings is 2. The van der Waals surface area contributed by atoms with Crippen molar-refractivity contribution in [3.63, 3.8) is 0 Å². The minimum absolute atomic E-state index is 0.180. The van der Waals surface area contributed by atoms with E-state index in [-0.39, 0.29) is 18.9 Å². The van der Waals surface area contributed by atoms with E-state index < -0.39 is 5.91 Å². The van der Waals surface area contributed by atoms with Crippen LogP contribution >= 0.6 is 0 Å². The molecule has 2 aromatic carbocycles. The molecule has 134 valence electrons. The fraction of sp³-hybridized carbons (Fsp3) is 0.250. The van der Waals surface area contributed by atoms with Crippen molar-refractivity contribution < 1.29 is 14.3 Å². The van der Waals surface area contributed by atoms with Crippen molar-refractivity contribution in [1.29, 1.82) is 5.26 Å². The molecule has 2 rings (SSSR count). The molecule has 0 bridgehead atoms. The Kier molecular flexibility index (Phi) is 6.75. The number of nitriles is 1. The third-order valence-electron chi connectivity index (χ3n) is 3.77. The molecule has 0 heterocycles. The van der Waals surface area contributed by atoms with Crippen molar-refractivity contribution in [3.8, 4) is 11.8 Å². The molecule has 0 aliphatic carbocycles. The second kappa shape index (κ2) is 9.23. The van der Waals surface area contributed by atoms with Crippen molar-refractivity contribution in [1.82, 2.24) is 10.9 Å². The zero-order valence-corrected chi connectivity index (χ0v) is 14.8. The molecule has 0 unspecified atom stereocenters. The SMILES string of the molecule is Cc1ccc(C)c(OCC(=O)NNC(=O)CCc2ccc(C#N)cc2)c1. The van der Waals surface area contributed by atoms with Gasteiger partial charge in [0.25, 0.3) is 5.91 Å². The molecule has 6 heteroatoms. The smallest absolute Gasteiger partial charge is 0.276 e. The zero-order valence-electron chi connectivity index (χ0n) is 14.8. The van der Waals surface area contributed by atoms with Gasteiger partial charge in [0.1, 0.15) is 5.75 Å². The molecule has 0 spiro atoms. The number of amides is 2. The average Bonchev–Trinajstić information content (AvgIpc) is 2.65. The summed E-state index contributed by atoms with van der Waals surface area (Å²) in [4.78, 5) is 23.6. The van der Waals surface area contributed by atoms with Crippen molar-refractivity contribution >= 4 is 11.8 Å². The molecule has 2 amide bonds. The molecular weight excluding hydrogens is 330 g/mol. The number of hydrazine groups is 1. The zero-order chi connectivity index (χ0) is 18.9. The van der Waals surface area contributed by atoms with Gasteiger partial charge in [-0.2, -0.15) is 5.26 Å². The van der Waals surface area contributed by atoms with Crippen LogP contribution in [0.2, 0.25) is 0 Å². The molecule has 0 atom stereocenters. The van der Waals surface area contributed by atoms with Gasteiger partial charge in [0, 0.05) is 6.42 Å². The molecule has 0 aromatic heterocycles. The predicted molar refractivity (Wildman–Crippen MR) is 97.2 cm³/mol. The lowest BCUT2D eigenvalue weighted by molar-refractivity contribution is -0.130. The highest BCUT2D eigenvalue weighted by atomic mass is 16.5. The van der Waals surface area contributed by atoms with E-state index in [2.05, 4.69) is 10.9 Å². The summed E-state index contributed by atoms with van der Waals surface area (Å²) in [7, 11) is 0. The molecule has 0 fully saturated rings. The Morgan fingerprint density at radius 3 is 2.42 bits per heavy atom. The third kappa shape index (κ3) is 5.95. The average molecular weight is 351 g/mol. The van der Waals surface area contributed by atoms with Crippen LogP contribution in [0, 0.1) is 25.2 Å². The Balaban J connectivity index is 1.70. The van der Waals surface area contributed by atoms with Crippen LogP contribution in [0.1, 0.15) is 28.7 Å². The Morgan fingerprint density at radius 2 is 1.73 bits per heavy atom. The number of hydrogen-bond donors (Lipinski definition) is 2. The molecular formula is C20H21N3O3. The third-order valence-corrected chi connectivity index (χ3v) is 3.77. The lowest BCUT2D eigenvalue weighted by Crippen LogP contribution is -2.43. The van der Waals surface area contributed by atoms with Crippen molar-refractivity contribution in [2.45, 2.75) is 26.7 Å². The highest BCUT2D eigenvalue weighted by Gasteiger charge is 2.07. The molecule has 0 saturated carbocycles. The summed E-state index contributed by atoms with van der Waals surface area (Å²) in [5.74, 6) is -0.0839. The van der Waals surface area contributed by atoms with Crippen LogP contribution in [0.5, 0.6) is 5.75 Å². The van der Waals surface area contributed by atoms with Gasteiger partial charge in [-0.25, -0.2) is 0 Å². The van der Waals surface area contributed by atoms with Gasteiger partial charge in [-0.3, -0.25) is 20.4 Å². The van der Waals surface area contributed by atoms with Crippen LogP contribution in [0.3, 0.4) is 0 Å². The number of nitrogens with one attached hydrogen (secondary N) is 2. The minimum Gasteiger partial charge on any atom is -0.483 e. The second-order valence-electron chi connectivity index (χ2n) is 5.96. The summed E-state index contributed by atoms with van der Waals surface area (Å²) < 4.78 is 5.47. The van der Waals surface area contributed by atoms with E-state index in [9.17, 15) is 9.59 Å². The number of carbonyl (C=O) groups is 2. The van der Waals surface area contributed by atoms with Crippen LogP contribution in [-0.4, -0.2) is 18.4 Å². The maximum atomic E-state index is 11.8. The molecule has 26 heavy (non-hydrogen) atoms. The Hall–Kier alpha value is -3.33. The van der Waals surface area contributed by atoms with Crippen LogP contribution in [-0.2, 0) is 16.0 Å².